The molecule has 1 aliphatic rings. The largest absolute Gasteiger partial charge is 0.483 e. The van der Waals surface area contributed by atoms with Crippen LogP contribution in [0.3, 0.4) is 0 Å². The highest BCUT2D eigenvalue weighted by Crippen LogP contribution is 2.39. The first-order chi connectivity index (χ1) is 16.4. The molecular formula is C28H27F4IO. The van der Waals surface area contributed by atoms with Gasteiger partial charge in [0.1, 0.15) is 18.2 Å². The lowest BCUT2D eigenvalue weighted by atomic mass is 9.77. The Hall–Kier alpha value is -2.09. The van der Waals surface area contributed by atoms with Crippen molar-refractivity contribution in [3.63, 3.8) is 0 Å². The molecule has 0 unspecified atom stereocenters. The third-order valence-electron chi connectivity index (χ3n) is 6.69. The van der Waals surface area contributed by atoms with Crippen molar-refractivity contribution in [1.29, 1.82) is 0 Å². The standard InChI is InChI=1S/C28H27F4IO/c1-2-3-17-4-8-19(9-5-17)22-14-25(31)28(26(32)15-22)34-16-18-6-10-20(11-7-18)21-12-23(29)27(33)24(30)13-21/h6-7,10-15,17,19H,2-5,8-9,16H2,1H3. The summed E-state index contributed by atoms with van der Waals surface area (Å²) in [6, 6.07) is 12.2. The molecule has 34 heavy (non-hydrogen) atoms. The fourth-order valence-electron chi connectivity index (χ4n) is 4.82. The summed E-state index contributed by atoms with van der Waals surface area (Å²) in [5.74, 6) is -2.07. The molecule has 0 N–H and O–H groups in total. The third-order valence-corrected chi connectivity index (χ3v) is 7.72. The first kappa shape index (κ1) is 25.0. The fraction of sp³-hybridized carbons (Fsp3) is 0.357. The summed E-state index contributed by atoms with van der Waals surface area (Å²) in [6.45, 7) is 2.17. The highest BCUT2D eigenvalue weighted by Gasteiger charge is 2.24. The molecule has 0 saturated heterocycles. The minimum Gasteiger partial charge on any atom is -0.483 e. The second-order valence-corrected chi connectivity index (χ2v) is 10.1. The predicted octanol–water partition coefficient (Wildman–Crippen LogP) is 9.17. The smallest absolute Gasteiger partial charge is 0.191 e. The Kier molecular flexibility index (Phi) is 8.17. The molecule has 1 nitrogen and oxygen atoms in total. The Morgan fingerprint density at radius 2 is 1.38 bits per heavy atom. The summed E-state index contributed by atoms with van der Waals surface area (Å²) in [5.41, 5.74) is 2.44. The van der Waals surface area contributed by atoms with Crippen molar-refractivity contribution in [3.05, 3.63) is 86.5 Å². The van der Waals surface area contributed by atoms with Gasteiger partial charge in [0.25, 0.3) is 0 Å². The van der Waals surface area contributed by atoms with Crippen LogP contribution in [0.5, 0.6) is 5.75 Å². The number of rotatable bonds is 7. The molecule has 1 saturated carbocycles. The summed E-state index contributed by atoms with van der Waals surface area (Å²) < 4.78 is 62.6. The minimum absolute atomic E-state index is 0.0228. The van der Waals surface area contributed by atoms with Gasteiger partial charge in [-0.15, -0.1) is 0 Å². The van der Waals surface area contributed by atoms with Gasteiger partial charge in [-0.1, -0.05) is 44.0 Å². The monoisotopic (exact) mass is 582 g/mol. The van der Waals surface area contributed by atoms with E-state index in [0.29, 0.717) is 22.3 Å². The van der Waals surface area contributed by atoms with Crippen LogP contribution in [0.2, 0.25) is 0 Å². The van der Waals surface area contributed by atoms with Gasteiger partial charge in [-0.25, -0.2) is 17.6 Å². The van der Waals surface area contributed by atoms with Crippen molar-refractivity contribution in [2.45, 2.75) is 58.0 Å². The second kappa shape index (κ2) is 11.1. The molecule has 0 radical (unpaired) electrons. The zero-order valence-electron chi connectivity index (χ0n) is 19.0. The van der Waals surface area contributed by atoms with Crippen LogP contribution in [0.15, 0.2) is 48.5 Å². The maximum atomic E-state index is 14.7. The van der Waals surface area contributed by atoms with Crippen molar-refractivity contribution in [3.8, 4) is 16.9 Å². The SMILES string of the molecule is CCCC1CCC(c2cc(F)c(OCc3ccc(-c4cc(F)c(I)c(F)c4)cc3)c(F)c2)CC1. The van der Waals surface area contributed by atoms with Crippen LogP contribution in [0.4, 0.5) is 17.6 Å². The molecule has 0 heterocycles. The van der Waals surface area contributed by atoms with E-state index in [0.717, 1.165) is 31.6 Å². The fourth-order valence-corrected chi connectivity index (χ4v) is 5.13. The van der Waals surface area contributed by atoms with Gasteiger partial charge in [-0.2, -0.15) is 0 Å². The molecule has 1 aliphatic carbocycles. The van der Waals surface area contributed by atoms with Crippen molar-refractivity contribution >= 4 is 22.6 Å². The van der Waals surface area contributed by atoms with Gasteiger partial charge < -0.3 is 4.74 Å². The van der Waals surface area contributed by atoms with Crippen LogP contribution in [0.1, 0.15) is 62.5 Å². The number of halogens is 5. The van der Waals surface area contributed by atoms with Crippen LogP contribution in [-0.2, 0) is 6.61 Å². The Labute approximate surface area is 211 Å². The Morgan fingerprint density at radius 1 is 0.794 bits per heavy atom. The molecule has 3 aromatic carbocycles. The lowest BCUT2D eigenvalue weighted by Gasteiger charge is -2.28. The van der Waals surface area contributed by atoms with Crippen LogP contribution in [-0.4, -0.2) is 0 Å². The first-order valence-corrected chi connectivity index (χ1v) is 12.8. The topological polar surface area (TPSA) is 9.23 Å². The molecule has 180 valence electrons. The van der Waals surface area contributed by atoms with Gasteiger partial charge in [0.2, 0.25) is 0 Å². The summed E-state index contributed by atoms with van der Waals surface area (Å²) in [6.07, 6.45) is 6.54. The zero-order valence-corrected chi connectivity index (χ0v) is 21.2. The average Bonchev–Trinajstić information content (AvgIpc) is 2.82. The molecule has 1 fully saturated rings. The Bertz CT molecular complexity index is 1090. The van der Waals surface area contributed by atoms with E-state index in [4.69, 9.17) is 4.74 Å². The lowest BCUT2D eigenvalue weighted by Crippen LogP contribution is -2.14. The first-order valence-electron chi connectivity index (χ1n) is 11.7. The molecule has 0 aromatic heterocycles. The third kappa shape index (κ3) is 5.75. The van der Waals surface area contributed by atoms with Crippen molar-refractivity contribution in [1.82, 2.24) is 0 Å². The van der Waals surface area contributed by atoms with Gasteiger partial charge in [0.05, 0.1) is 3.57 Å². The van der Waals surface area contributed by atoms with E-state index in [9.17, 15) is 17.6 Å². The highest BCUT2D eigenvalue weighted by molar-refractivity contribution is 14.1. The van der Waals surface area contributed by atoms with Crippen molar-refractivity contribution in [2.75, 3.05) is 0 Å². The van der Waals surface area contributed by atoms with E-state index >= 15 is 0 Å². The van der Waals surface area contributed by atoms with Crippen molar-refractivity contribution in [2.24, 2.45) is 5.92 Å². The zero-order chi connectivity index (χ0) is 24.2. The highest BCUT2D eigenvalue weighted by atomic mass is 127. The van der Waals surface area contributed by atoms with Crippen LogP contribution in [0.25, 0.3) is 11.1 Å². The molecule has 0 amide bonds. The van der Waals surface area contributed by atoms with E-state index in [1.165, 1.54) is 37.1 Å². The molecule has 4 rings (SSSR count). The van der Waals surface area contributed by atoms with Gasteiger partial charge in [-0.05, 0) is 107 Å². The molecular weight excluding hydrogens is 555 g/mol. The number of hydrogen-bond acceptors (Lipinski definition) is 1. The van der Waals surface area contributed by atoms with E-state index < -0.39 is 23.3 Å². The van der Waals surface area contributed by atoms with Gasteiger partial charge in [-0.3, -0.25) is 0 Å². The average molecular weight is 582 g/mol. The summed E-state index contributed by atoms with van der Waals surface area (Å²) in [5, 5.41) is 0. The second-order valence-electron chi connectivity index (χ2n) is 9.06. The quantitative estimate of drug-likeness (QED) is 0.153. The Morgan fingerprint density at radius 3 is 1.94 bits per heavy atom. The van der Waals surface area contributed by atoms with Crippen molar-refractivity contribution < 1.29 is 22.3 Å². The molecule has 0 spiro atoms. The van der Waals surface area contributed by atoms with Crippen LogP contribution < -0.4 is 4.74 Å². The summed E-state index contributed by atoms with van der Waals surface area (Å²) in [7, 11) is 0. The van der Waals surface area contributed by atoms with E-state index in [-0.39, 0.29) is 21.8 Å². The van der Waals surface area contributed by atoms with Gasteiger partial charge >= 0.3 is 0 Å². The number of ether oxygens (including phenoxy) is 1. The van der Waals surface area contributed by atoms with E-state index in [2.05, 4.69) is 6.92 Å². The Balaban J connectivity index is 1.41. The number of benzene rings is 3. The number of hydrogen-bond donors (Lipinski definition) is 0. The van der Waals surface area contributed by atoms with Crippen LogP contribution >= 0.6 is 22.6 Å². The molecule has 0 aliphatic heterocycles. The van der Waals surface area contributed by atoms with E-state index in [1.54, 1.807) is 46.9 Å². The molecule has 6 heteroatoms. The van der Waals surface area contributed by atoms with E-state index in [1.807, 2.05) is 0 Å². The van der Waals surface area contributed by atoms with Gasteiger partial charge in [0.15, 0.2) is 17.4 Å². The predicted molar refractivity (Wildman–Crippen MR) is 135 cm³/mol. The summed E-state index contributed by atoms with van der Waals surface area (Å²) >= 11 is 1.62. The van der Waals surface area contributed by atoms with Crippen LogP contribution in [0, 0.1) is 32.8 Å². The minimum atomic E-state index is -0.688. The molecule has 0 atom stereocenters. The maximum absolute atomic E-state index is 14.7. The lowest BCUT2D eigenvalue weighted by molar-refractivity contribution is 0.272. The molecule has 3 aromatic rings. The normalized spacial score (nSPS) is 18.2. The van der Waals surface area contributed by atoms with Gasteiger partial charge in [0, 0.05) is 0 Å². The summed E-state index contributed by atoms with van der Waals surface area (Å²) in [4.78, 5) is 0. The molecule has 0 bridgehead atoms. The maximum Gasteiger partial charge on any atom is 0.191 e.